The van der Waals surface area contributed by atoms with Crippen LogP contribution in [0.4, 0.5) is 0 Å². The molecule has 1 aromatic carbocycles. The van der Waals surface area contributed by atoms with Crippen molar-refractivity contribution in [3.8, 4) is 33.3 Å². The lowest BCUT2D eigenvalue weighted by Crippen LogP contribution is -1.93. The quantitative estimate of drug-likeness (QED) is 0.686. The van der Waals surface area contributed by atoms with Gasteiger partial charge in [-0.2, -0.15) is 0 Å². The summed E-state index contributed by atoms with van der Waals surface area (Å²) in [5, 5.41) is 0.797. The van der Waals surface area contributed by atoms with Crippen molar-refractivity contribution in [2.24, 2.45) is 0 Å². The second-order valence-corrected chi connectivity index (χ2v) is 6.06. The molecule has 114 valence electrons. The maximum absolute atomic E-state index is 12.0. The lowest BCUT2D eigenvalue weighted by molar-refractivity contribution is 0.102. The van der Waals surface area contributed by atoms with Gasteiger partial charge >= 0.3 is 0 Å². The number of benzene rings is 1. The molecule has 0 radical (unpaired) electrons. The van der Waals surface area contributed by atoms with Crippen LogP contribution in [0.3, 0.4) is 0 Å². The van der Waals surface area contributed by atoms with Crippen LogP contribution < -0.4 is 9.47 Å². The van der Waals surface area contributed by atoms with Crippen molar-refractivity contribution in [3.05, 3.63) is 47.6 Å². The minimum absolute atomic E-state index is 0.00419. The number of ether oxygens (including phenoxy) is 2. The van der Waals surface area contributed by atoms with Crippen molar-refractivity contribution in [1.29, 1.82) is 0 Å². The Bertz CT molecular complexity index is 890. The fraction of sp³-hybridized carbons (Fsp3) is 0.118. The van der Waals surface area contributed by atoms with E-state index in [2.05, 4.69) is 9.97 Å². The Labute approximate surface area is 136 Å². The molecule has 0 unspecified atom stereocenters. The number of carbonyl (C=O) groups excluding carboxylic acids is 1. The molecule has 0 spiro atoms. The average Bonchev–Trinajstić information content (AvgIpc) is 3.22. The Balaban J connectivity index is 1.84. The maximum atomic E-state index is 12.0. The first kappa shape index (κ1) is 13.9. The molecular formula is C17H12N2O3S. The van der Waals surface area contributed by atoms with Gasteiger partial charge in [0.1, 0.15) is 5.01 Å². The van der Waals surface area contributed by atoms with Gasteiger partial charge in [-0.05, 0) is 30.3 Å². The third-order valence-electron chi connectivity index (χ3n) is 3.52. The molecule has 5 nitrogen and oxygen atoms in total. The number of carbonyl (C=O) groups is 1. The highest BCUT2D eigenvalue weighted by Crippen LogP contribution is 2.39. The number of Topliss-reactive ketones (excluding diaryl/α,β-unsaturated/α-hetero) is 1. The number of thiazole rings is 1. The molecule has 3 heterocycles. The molecule has 23 heavy (non-hydrogen) atoms. The van der Waals surface area contributed by atoms with E-state index in [1.165, 1.54) is 11.3 Å². The van der Waals surface area contributed by atoms with Crippen LogP contribution in [0.25, 0.3) is 21.8 Å². The average molecular weight is 324 g/mol. The molecular weight excluding hydrogens is 312 g/mol. The second kappa shape index (κ2) is 5.48. The van der Waals surface area contributed by atoms with E-state index in [9.17, 15) is 4.79 Å². The summed E-state index contributed by atoms with van der Waals surface area (Å²) in [7, 11) is 0. The van der Waals surface area contributed by atoms with E-state index >= 15 is 0 Å². The fourth-order valence-electron chi connectivity index (χ4n) is 2.42. The van der Waals surface area contributed by atoms with E-state index < -0.39 is 0 Å². The summed E-state index contributed by atoms with van der Waals surface area (Å²) in [6.45, 7) is 1.78. The number of fused-ring (bicyclic) bond motifs is 1. The normalized spacial score (nSPS) is 12.4. The number of nitrogens with zero attached hydrogens (tertiary/aromatic N) is 2. The van der Waals surface area contributed by atoms with E-state index in [-0.39, 0.29) is 12.6 Å². The van der Waals surface area contributed by atoms with Gasteiger partial charge in [0.15, 0.2) is 17.3 Å². The number of ketones is 1. The number of hydrogen-bond acceptors (Lipinski definition) is 6. The molecule has 6 heteroatoms. The Hall–Kier alpha value is -2.73. The van der Waals surface area contributed by atoms with E-state index in [1.807, 2.05) is 30.3 Å². The smallest absolute Gasteiger partial charge is 0.231 e. The summed E-state index contributed by atoms with van der Waals surface area (Å²) in [5.74, 6) is 1.38. The van der Waals surface area contributed by atoms with E-state index in [0.29, 0.717) is 22.1 Å². The van der Waals surface area contributed by atoms with Crippen LogP contribution in [0.2, 0.25) is 0 Å². The van der Waals surface area contributed by atoms with Crippen LogP contribution in [0, 0.1) is 0 Å². The minimum atomic E-state index is -0.00419. The Kier molecular flexibility index (Phi) is 3.31. The van der Waals surface area contributed by atoms with Crippen LogP contribution in [-0.4, -0.2) is 22.5 Å². The van der Waals surface area contributed by atoms with Gasteiger partial charge < -0.3 is 9.47 Å². The Morgan fingerprint density at radius 1 is 1.09 bits per heavy atom. The predicted octanol–water partition coefficient (Wildman–Crippen LogP) is 3.80. The molecule has 2 aromatic heterocycles. The molecule has 0 aliphatic carbocycles. The van der Waals surface area contributed by atoms with E-state index in [1.54, 1.807) is 19.3 Å². The van der Waals surface area contributed by atoms with Crippen molar-refractivity contribution >= 4 is 17.1 Å². The van der Waals surface area contributed by atoms with Crippen molar-refractivity contribution in [3.63, 3.8) is 0 Å². The lowest BCUT2D eigenvalue weighted by atomic mass is 10.1. The van der Waals surface area contributed by atoms with Crippen LogP contribution in [-0.2, 0) is 0 Å². The maximum Gasteiger partial charge on any atom is 0.231 e. The van der Waals surface area contributed by atoms with Gasteiger partial charge in [0, 0.05) is 30.4 Å². The van der Waals surface area contributed by atoms with Gasteiger partial charge in [0.2, 0.25) is 6.79 Å². The fourth-order valence-corrected chi connectivity index (χ4v) is 3.40. The highest BCUT2D eigenvalue weighted by Gasteiger charge is 2.20. The number of aromatic nitrogens is 2. The third kappa shape index (κ3) is 2.47. The standard InChI is InChI=1S/C17H12N2O3S/c1-10(20)16-15(12-2-3-13-14(8-12)22-9-21-13)19-17(23-16)11-4-6-18-7-5-11/h2-8H,9H2,1H3. The molecule has 0 saturated carbocycles. The van der Waals surface area contributed by atoms with E-state index in [4.69, 9.17) is 9.47 Å². The van der Waals surface area contributed by atoms with Gasteiger partial charge in [0.25, 0.3) is 0 Å². The minimum Gasteiger partial charge on any atom is -0.454 e. The summed E-state index contributed by atoms with van der Waals surface area (Å²) in [4.78, 5) is 21.3. The molecule has 0 fully saturated rings. The SMILES string of the molecule is CC(=O)c1sc(-c2ccncc2)nc1-c1ccc2c(c1)OCO2. The van der Waals surface area contributed by atoms with Crippen LogP contribution in [0.1, 0.15) is 16.6 Å². The molecule has 0 bridgehead atoms. The molecule has 0 N–H and O–H groups in total. The monoisotopic (exact) mass is 324 g/mol. The summed E-state index contributed by atoms with van der Waals surface area (Å²) >= 11 is 1.39. The highest BCUT2D eigenvalue weighted by molar-refractivity contribution is 7.17. The zero-order chi connectivity index (χ0) is 15.8. The first-order valence-corrected chi connectivity index (χ1v) is 7.86. The van der Waals surface area contributed by atoms with Crippen molar-refractivity contribution < 1.29 is 14.3 Å². The van der Waals surface area contributed by atoms with Crippen LogP contribution >= 0.6 is 11.3 Å². The second-order valence-electron chi connectivity index (χ2n) is 5.06. The van der Waals surface area contributed by atoms with Crippen molar-refractivity contribution in [2.45, 2.75) is 6.92 Å². The zero-order valence-corrected chi connectivity index (χ0v) is 13.1. The van der Waals surface area contributed by atoms with Gasteiger partial charge in [-0.15, -0.1) is 11.3 Å². The number of hydrogen-bond donors (Lipinski definition) is 0. The lowest BCUT2D eigenvalue weighted by Gasteiger charge is -2.01. The molecule has 0 saturated heterocycles. The molecule has 0 amide bonds. The van der Waals surface area contributed by atoms with Gasteiger partial charge in [-0.3, -0.25) is 9.78 Å². The zero-order valence-electron chi connectivity index (χ0n) is 12.3. The third-order valence-corrected chi connectivity index (χ3v) is 4.73. The summed E-state index contributed by atoms with van der Waals surface area (Å²) < 4.78 is 10.7. The molecule has 4 rings (SSSR count). The van der Waals surface area contributed by atoms with Crippen LogP contribution in [0.15, 0.2) is 42.7 Å². The van der Waals surface area contributed by atoms with Gasteiger partial charge in [-0.1, -0.05) is 0 Å². The van der Waals surface area contributed by atoms with Crippen LogP contribution in [0.5, 0.6) is 11.5 Å². The first-order valence-electron chi connectivity index (χ1n) is 7.04. The number of pyridine rings is 1. The van der Waals surface area contributed by atoms with Gasteiger partial charge in [0.05, 0.1) is 10.6 Å². The molecule has 3 aromatic rings. The summed E-state index contributed by atoms with van der Waals surface area (Å²) in [5.41, 5.74) is 2.46. The summed E-state index contributed by atoms with van der Waals surface area (Å²) in [6.07, 6.45) is 3.43. The van der Waals surface area contributed by atoms with E-state index in [0.717, 1.165) is 16.1 Å². The van der Waals surface area contributed by atoms with Crippen molar-refractivity contribution in [2.75, 3.05) is 6.79 Å². The van der Waals surface area contributed by atoms with Crippen molar-refractivity contribution in [1.82, 2.24) is 9.97 Å². The predicted molar refractivity (Wildman–Crippen MR) is 86.9 cm³/mol. The molecule has 1 aliphatic heterocycles. The largest absolute Gasteiger partial charge is 0.454 e. The first-order chi connectivity index (χ1) is 11.2. The topological polar surface area (TPSA) is 61.3 Å². The Morgan fingerprint density at radius 3 is 2.65 bits per heavy atom. The van der Waals surface area contributed by atoms with Gasteiger partial charge in [-0.25, -0.2) is 4.98 Å². The Morgan fingerprint density at radius 2 is 1.87 bits per heavy atom. The highest BCUT2D eigenvalue weighted by atomic mass is 32.1. The summed E-state index contributed by atoms with van der Waals surface area (Å²) in [6, 6.07) is 9.36. The number of rotatable bonds is 3. The molecule has 1 aliphatic rings. The molecule has 0 atom stereocenters.